The highest BCUT2D eigenvalue weighted by Gasteiger charge is 2.26. The SMILES string of the molecule is NC(=O)C1CCN(C(=O)Cc2csc(NC(=O)Cc3cccs3)n2)CC1. The van der Waals surface area contributed by atoms with Crippen LogP contribution in [0.5, 0.6) is 0 Å². The van der Waals surface area contributed by atoms with Gasteiger partial charge in [-0.2, -0.15) is 0 Å². The molecule has 1 aliphatic heterocycles. The molecule has 0 saturated carbocycles. The van der Waals surface area contributed by atoms with Crippen LogP contribution in [0.15, 0.2) is 22.9 Å². The molecule has 3 heterocycles. The molecule has 0 atom stereocenters. The zero-order valence-electron chi connectivity index (χ0n) is 14.1. The van der Waals surface area contributed by atoms with E-state index >= 15 is 0 Å². The second kappa shape index (κ2) is 8.41. The molecule has 1 aliphatic rings. The fraction of sp³-hybridized carbons (Fsp3) is 0.412. The molecular weight excluding hydrogens is 372 g/mol. The number of anilines is 1. The van der Waals surface area contributed by atoms with Gasteiger partial charge in [0.2, 0.25) is 17.7 Å². The summed E-state index contributed by atoms with van der Waals surface area (Å²) in [6.45, 7) is 1.09. The van der Waals surface area contributed by atoms with E-state index in [4.69, 9.17) is 5.73 Å². The molecule has 0 aliphatic carbocycles. The third kappa shape index (κ3) is 4.89. The zero-order chi connectivity index (χ0) is 18.5. The zero-order valence-corrected chi connectivity index (χ0v) is 15.8. The van der Waals surface area contributed by atoms with E-state index in [1.54, 1.807) is 10.3 Å². The maximum atomic E-state index is 12.4. The second-order valence-electron chi connectivity index (χ2n) is 6.18. The summed E-state index contributed by atoms with van der Waals surface area (Å²) in [7, 11) is 0. The fourth-order valence-corrected chi connectivity index (χ4v) is 4.29. The Kier molecular flexibility index (Phi) is 6.00. The third-order valence-corrected chi connectivity index (χ3v) is 5.98. The van der Waals surface area contributed by atoms with Crippen LogP contribution in [0.3, 0.4) is 0 Å². The van der Waals surface area contributed by atoms with E-state index in [0.29, 0.717) is 43.2 Å². The van der Waals surface area contributed by atoms with Crippen LogP contribution in [0.4, 0.5) is 5.13 Å². The van der Waals surface area contributed by atoms with E-state index in [1.165, 1.54) is 22.7 Å². The van der Waals surface area contributed by atoms with Crippen LogP contribution in [0, 0.1) is 5.92 Å². The van der Waals surface area contributed by atoms with Gasteiger partial charge in [-0.3, -0.25) is 14.4 Å². The summed E-state index contributed by atoms with van der Waals surface area (Å²) in [5.41, 5.74) is 5.95. The van der Waals surface area contributed by atoms with E-state index in [1.807, 2.05) is 17.5 Å². The average molecular weight is 393 g/mol. The Balaban J connectivity index is 1.48. The van der Waals surface area contributed by atoms with Gasteiger partial charge in [0, 0.05) is 29.3 Å². The fourth-order valence-electron chi connectivity index (χ4n) is 2.86. The number of likely N-dealkylation sites (tertiary alicyclic amines) is 1. The highest BCUT2D eigenvalue weighted by molar-refractivity contribution is 7.14. The van der Waals surface area contributed by atoms with Crippen LogP contribution in [-0.4, -0.2) is 40.7 Å². The second-order valence-corrected chi connectivity index (χ2v) is 8.07. The number of thiazole rings is 1. The quantitative estimate of drug-likeness (QED) is 0.780. The number of hydrogen-bond acceptors (Lipinski definition) is 6. The maximum absolute atomic E-state index is 12.4. The van der Waals surface area contributed by atoms with Gasteiger partial charge in [-0.25, -0.2) is 4.98 Å². The highest BCUT2D eigenvalue weighted by atomic mass is 32.1. The molecule has 0 radical (unpaired) electrons. The Hall–Kier alpha value is -2.26. The van der Waals surface area contributed by atoms with Crippen molar-refractivity contribution in [2.24, 2.45) is 11.7 Å². The minimum absolute atomic E-state index is 0.0188. The molecule has 138 valence electrons. The summed E-state index contributed by atoms with van der Waals surface area (Å²) in [5.74, 6) is -0.564. The first-order chi connectivity index (χ1) is 12.5. The lowest BCUT2D eigenvalue weighted by Gasteiger charge is -2.30. The number of nitrogens with zero attached hydrogens (tertiary/aromatic N) is 2. The van der Waals surface area contributed by atoms with Crippen LogP contribution in [0.1, 0.15) is 23.4 Å². The van der Waals surface area contributed by atoms with Crippen molar-refractivity contribution in [1.82, 2.24) is 9.88 Å². The molecule has 3 N–H and O–H groups in total. The number of thiophene rings is 1. The largest absolute Gasteiger partial charge is 0.369 e. The molecule has 0 spiro atoms. The van der Waals surface area contributed by atoms with E-state index in [0.717, 1.165) is 4.88 Å². The smallest absolute Gasteiger partial charge is 0.231 e. The van der Waals surface area contributed by atoms with Gasteiger partial charge in [0.25, 0.3) is 0 Å². The number of nitrogens with two attached hydrogens (primary N) is 1. The molecule has 0 unspecified atom stereocenters. The molecule has 9 heteroatoms. The first kappa shape index (κ1) is 18.5. The predicted octanol–water partition coefficient (Wildman–Crippen LogP) is 1.65. The summed E-state index contributed by atoms with van der Waals surface area (Å²) < 4.78 is 0. The monoisotopic (exact) mass is 392 g/mol. The van der Waals surface area contributed by atoms with E-state index < -0.39 is 0 Å². The van der Waals surface area contributed by atoms with Crippen molar-refractivity contribution in [3.8, 4) is 0 Å². The van der Waals surface area contributed by atoms with Gasteiger partial charge in [0.15, 0.2) is 5.13 Å². The van der Waals surface area contributed by atoms with Crippen LogP contribution in [0.2, 0.25) is 0 Å². The molecular formula is C17H20N4O3S2. The predicted molar refractivity (Wildman–Crippen MR) is 101 cm³/mol. The number of piperidine rings is 1. The van der Waals surface area contributed by atoms with Crippen molar-refractivity contribution in [2.45, 2.75) is 25.7 Å². The van der Waals surface area contributed by atoms with Gasteiger partial charge in [-0.1, -0.05) is 6.07 Å². The molecule has 7 nitrogen and oxygen atoms in total. The summed E-state index contributed by atoms with van der Waals surface area (Å²) >= 11 is 2.85. The van der Waals surface area contributed by atoms with Crippen molar-refractivity contribution < 1.29 is 14.4 Å². The molecule has 26 heavy (non-hydrogen) atoms. The van der Waals surface area contributed by atoms with Crippen LogP contribution < -0.4 is 11.1 Å². The van der Waals surface area contributed by atoms with Crippen LogP contribution >= 0.6 is 22.7 Å². The average Bonchev–Trinajstić information content (AvgIpc) is 3.27. The van der Waals surface area contributed by atoms with Crippen LogP contribution in [-0.2, 0) is 27.2 Å². The lowest BCUT2D eigenvalue weighted by molar-refractivity contribution is -0.134. The van der Waals surface area contributed by atoms with Gasteiger partial charge in [0.05, 0.1) is 18.5 Å². The Morgan fingerprint density at radius 3 is 2.65 bits per heavy atom. The molecule has 3 amide bonds. The number of carbonyl (C=O) groups excluding carboxylic acids is 3. The first-order valence-corrected chi connectivity index (χ1v) is 10.1. The molecule has 0 bridgehead atoms. The summed E-state index contributed by atoms with van der Waals surface area (Å²) in [4.78, 5) is 42.6. The van der Waals surface area contributed by atoms with E-state index in [-0.39, 0.29) is 30.1 Å². The Morgan fingerprint density at radius 1 is 1.23 bits per heavy atom. The van der Waals surface area contributed by atoms with Crippen molar-refractivity contribution in [2.75, 3.05) is 18.4 Å². The molecule has 1 saturated heterocycles. The van der Waals surface area contributed by atoms with E-state index in [2.05, 4.69) is 10.3 Å². The minimum atomic E-state index is -0.292. The van der Waals surface area contributed by atoms with Crippen molar-refractivity contribution in [1.29, 1.82) is 0 Å². The lowest BCUT2D eigenvalue weighted by Crippen LogP contribution is -2.42. The van der Waals surface area contributed by atoms with Crippen molar-refractivity contribution in [3.05, 3.63) is 33.5 Å². The summed E-state index contributed by atoms with van der Waals surface area (Å²) in [6.07, 6.45) is 1.74. The molecule has 2 aromatic rings. The number of carbonyl (C=O) groups is 3. The number of hydrogen-bond donors (Lipinski definition) is 2. The Morgan fingerprint density at radius 2 is 2.00 bits per heavy atom. The highest BCUT2D eigenvalue weighted by Crippen LogP contribution is 2.20. The summed E-state index contributed by atoms with van der Waals surface area (Å²) in [6, 6.07) is 3.82. The summed E-state index contributed by atoms with van der Waals surface area (Å²) in [5, 5.41) is 6.99. The van der Waals surface area contributed by atoms with Gasteiger partial charge >= 0.3 is 0 Å². The molecule has 1 fully saturated rings. The van der Waals surface area contributed by atoms with Crippen molar-refractivity contribution in [3.63, 3.8) is 0 Å². The number of nitrogens with one attached hydrogen (secondary N) is 1. The third-order valence-electron chi connectivity index (χ3n) is 4.30. The molecule has 0 aromatic carbocycles. The Labute approximate surface area is 159 Å². The number of primary amides is 1. The van der Waals surface area contributed by atoms with Gasteiger partial charge in [0.1, 0.15) is 0 Å². The lowest BCUT2D eigenvalue weighted by atomic mass is 9.96. The Bertz CT molecular complexity index is 780. The molecule has 2 aromatic heterocycles. The number of rotatable bonds is 6. The standard InChI is InChI=1S/C17H20N4O3S2/c18-16(24)11-3-5-21(6-4-11)15(23)8-12-10-26-17(19-12)20-14(22)9-13-2-1-7-25-13/h1-2,7,10-11H,3-6,8-9H2,(H2,18,24)(H,19,20,22). The first-order valence-electron chi connectivity index (χ1n) is 8.35. The van der Waals surface area contributed by atoms with Gasteiger partial charge in [-0.05, 0) is 24.3 Å². The minimum Gasteiger partial charge on any atom is -0.369 e. The molecule has 3 rings (SSSR count). The van der Waals surface area contributed by atoms with Gasteiger partial charge < -0.3 is 16.0 Å². The van der Waals surface area contributed by atoms with E-state index in [9.17, 15) is 14.4 Å². The topological polar surface area (TPSA) is 105 Å². The van der Waals surface area contributed by atoms with Crippen molar-refractivity contribution >= 4 is 45.5 Å². The van der Waals surface area contributed by atoms with Crippen LogP contribution in [0.25, 0.3) is 0 Å². The van der Waals surface area contributed by atoms with Gasteiger partial charge in [-0.15, -0.1) is 22.7 Å². The number of aromatic nitrogens is 1. The number of amides is 3. The maximum Gasteiger partial charge on any atom is 0.231 e. The normalized spacial score (nSPS) is 15.0.